The van der Waals surface area contributed by atoms with Gasteiger partial charge in [-0.3, -0.25) is 9.59 Å². The average Bonchev–Trinajstić information content (AvgIpc) is 2.80. The van der Waals surface area contributed by atoms with Gasteiger partial charge in [0.15, 0.2) is 0 Å². The molecule has 0 saturated carbocycles. The molecule has 3 rings (SSSR count). The molecule has 0 atom stereocenters. The first-order valence-corrected chi connectivity index (χ1v) is 8.59. The van der Waals surface area contributed by atoms with Crippen LogP contribution in [0.15, 0.2) is 53.2 Å². The Morgan fingerprint density at radius 2 is 1.76 bits per heavy atom. The number of aryl methyl sites for hydroxylation is 2. The van der Waals surface area contributed by atoms with E-state index in [2.05, 4.69) is 5.32 Å². The predicted molar refractivity (Wildman–Crippen MR) is 101 cm³/mol. The van der Waals surface area contributed by atoms with E-state index in [1.165, 1.54) is 0 Å². The van der Waals surface area contributed by atoms with Crippen LogP contribution in [0.3, 0.4) is 0 Å². The van der Waals surface area contributed by atoms with Gasteiger partial charge >= 0.3 is 0 Å². The van der Waals surface area contributed by atoms with Crippen molar-refractivity contribution in [3.8, 4) is 0 Å². The summed E-state index contributed by atoms with van der Waals surface area (Å²) in [5.41, 5.74) is 3.06. The van der Waals surface area contributed by atoms with Crippen LogP contribution in [-0.2, 0) is 16.0 Å². The fraction of sp³-hybridized carbons (Fsp3) is 0.158. The molecule has 0 unspecified atom stereocenters. The molecule has 6 heteroatoms. The topological polar surface area (TPSA) is 49.4 Å². The molecule has 0 fully saturated rings. The Morgan fingerprint density at radius 3 is 2.44 bits per heavy atom. The molecule has 2 aromatic carbocycles. The maximum absolute atomic E-state index is 12.8. The second kappa shape index (κ2) is 6.90. The highest BCUT2D eigenvalue weighted by molar-refractivity contribution is 6.53. The minimum Gasteiger partial charge on any atom is -0.349 e. The van der Waals surface area contributed by atoms with Gasteiger partial charge in [0.25, 0.3) is 11.8 Å². The number of anilines is 2. The highest BCUT2D eigenvalue weighted by atomic mass is 35.5. The molecular formula is C19H16Cl2N2O2. The summed E-state index contributed by atoms with van der Waals surface area (Å²) in [6.45, 7) is 3.80. The zero-order chi connectivity index (χ0) is 18.1. The average molecular weight is 375 g/mol. The highest BCUT2D eigenvalue weighted by Gasteiger charge is 2.39. The lowest BCUT2D eigenvalue weighted by Gasteiger charge is -2.18. The van der Waals surface area contributed by atoms with E-state index in [1.807, 2.05) is 31.2 Å². The van der Waals surface area contributed by atoms with Crippen LogP contribution in [0.25, 0.3) is 0 Å². The first kappa shape index (κ1) is 17.5. The third-order valence-electron chi connectivity index (χ3n) is 4.08. The quantitative estimate of drug-likeness (QED) is 0.792. The van der Waals surface area contributed by atoms with Gasteiger partial charge in [0.1, 0.15) is 10.7 Å². The van der Waals surface area contributed by atoms with E-state index in [0.717, 1.165) is 22.6 Å². The zero-order valence-electron chi connectivity index (χ0n) is 13.8. The number of carbonyl (C=O) groups is 2. The summed E-state index contributed by atoms with van der Waals surface area (Å²) in [7, 11) is 0. The summed E-state index contributed by atoms with van der Waals surface area (Å²) in [6, 6.07) is 12.6. The van der Waals surface area contributed by atoms with Gasteiger partial charge in [0.05, 0.1) is 5.69 Å². The van der Waals surface area contributed by atoms with Crippen LogP contribution < -0.4 is 10.2 Å². The molecule has 1 N–H and O–H groups in total. The van der Waals surface area contributed by atoms with Gasteiger partial charge in [-0.05, 0) is 48.7 Å². The van der Waals surface area contributed by atoms with Gasteiger partial charge in [-0.1, -0.05) is 48.3 Å². The van der Waals surface area contributed by atoms with Crippen molar-refractivity contribution in [1.29, 1.82) is 0 Å². The molecule has 1 aliphatic heterocycles. The highest BCUT2D eigenvalue weighted by Crippen LogP contribution is 2.33. The lowest BCUT2D eigenvalue weighted by atomic mass is 10.1. The normalized spacial score (nSPS) is 14.5. The third-order valence-corrected chi connectivity index (χ3v) is 4.67. The third kappa shape index (κ3) is 3.15. The van der Waals surface area contributed by atoms with E-state index >= 15 is 0 Å². The van der Waals surface area contributed by atoms with Gasteiger partial charge in [0, 0.05) is 10.7 Å². The summed E-state index contributed by atoms with van der Waals surface area (Å²) in [4.78, 5) is 26.5. The smallest absolute Gasteiger partial charge is 0.283 e. The van der Waals surface area contributed by atoms with Gasteiger partial charge in [-0.25, -0.2) is 4.90 Å². The second-order valence-electron chi connectivity index (χ2n) is 5.70. The molecule has 2 amide bonds. The van der Waals surface area contributed by atoms with E-state index in [-0.39, 0.29) is 10.7 Å². The molecule has 0 radical (unpaired) electrons. The first-order valence-electron chi connectivity index (χ1n) is 7.83. The number of halogens is 2. The first-order chi connectivity index (χ1) is 11.9. The molecule has 1 heterocycles. The number of rotatable bonds is 4. The molecule has 128 valence electrons. The molecule has 25 heavy (non-hydrogen) atoms. The Bertz CT molecular complexity index is 906. The summed E-state index contributed by atoms with van der Waals surface area (Å²) in [5, 5.41) is 3.45. The van der Waals surface area contributed by atoms with Gasteiger partial charge in [0.2, 0.25) is 0 Å². The SMILES string of the molecule is CCc1ccccc1NC1=C(Cl)C(=O)N(c2ccc(Cl)cc2C)C1=O. The summed E-state index contributed by atoms with van der Waals surface area (Å²) < 4.78 is 0. The van der Waals surface area contributed by atoms with Crippen LogP contribution in [0.2, 0.25) is 5.02 Å². The number of hydrogen-bond donors (Lipinski definition) is 1. The molecule has 2 aromatic rings. The van der Waals surface area contributed by atoms with Crippen LogP contribution in [0.5, 0.6) is 0 Å². The Balaban J connectivity index is 1.97. The van der Waals surface area contributed by atoms with Crippen molar-refractivity contribution in [2.45, 2.75) is 20.3 Å². The van der Waals surface area contributed by atoms with Crippen molar-refractivity contribution in [1.82, 2.24) is 0 Å². The number of hydrogen-bond acceptors (Lipinski definition) is 3. The molecule has 0 saturated heterocycles. The number of benzene rings is 2. The maximum atomic E-state index is 12.8. The standard InChI is InChI=1S/C19H16Cl2N2O2/c1-3-12-6-4-5-7-14(12)22-17-16(21)18(24)23(19(17)25)15-9-8-13(20)10-11(15)2/h4-10,22H,3H2,1-2H3. The van der Waals surface area contributed by atoms with Gasteiger partial charge in [-0.15, -0.1) is 0 Å². The number of nitrogens with zero attached hydrogens (tertiary/aromatic N) is 1. The molecule has 0 spiro atoms. The maximum Gasteiger partial charge on any atom is 0.283 e. The Kier molecular flexibility index (Phi) is 4.84. The van der Waals surface area contributed by atoms with Crippen LogP contribution in [0.1, 0.15) is 18.1 Å². The molecule has 0 aliphatic carbocycles. The Labute approximate surface area is 156 Å². The predicted octanol–water partition coefficient (Wildman–Crippen LogP) is 4.65. The molecular weight excluding hydrogens is 359 g/mol. The van der Waals surface area contributed by atoms with Crippen molar-refractivity contribution >= 4 is 46.4 Å². The largest absolute Gasteiger partial charge is 0.349 e. The molecule has 0 aromatic heterocycles. The Morgan fingerprint density at radius 1 is 1.04 bits per heavy atom. The fourth-order valence-corrected chi connectivity index (χ4v) is 3.22. The number of amides is 2. The number of imide groups is 1. The van der Waals surface area contributed by atoms with Crippen molar-refractivity contribution in [2.75, 3.05) is 10.2 Å². The van der Waals surface area contributed by atoms with E-state index in [4.69, 9.17) is 23.2 Å². The van der Waals surface area contributed by atoms with Crippen LogP contribution in [0.4, 0.5) is 11.4 Å². The van der Waals surface area contributed by atoms with Crippen LogP contribution in [-0.4, -0.2) is 11.8 Å². The summed E-state index contributed by atoms with van der Waals surface area (Å²) in [6.07, 6.45) is 0.788. The van der Waals surface area contributed by atoms with Crippen molar-refractivity contribution in [2.24, 2.45) is 0 Å². The van der Waals surface area contributed by atoms with Crippen molar-refractivity contribution in [3.05, 3.63) is 69.3 Å². The van der Waals surface area contributed by atoms with E-state index in [0.29, 0.717) is 16.3 Å². The van der Waals surface area contributed by atoms with E-state index < -0.39 is 11.8 Å². The van der Waals surface area contributed by atoms with Crippen LogP contribution >= 0.6 is 23.2 Å². The Hall–Kier alpha value is -2.30. The zero-order valence-corrected chi connectivity index (χ0v) is 15.3. The van der Waals surface area contributed by atoms with E-state index in [1.54, 1.807) is 25.1 Å². The lowest BCUT2D eigenvalue weighted by molar-refractivity contribution is -0.120. The van der Waals surface area contributed by atoms with Gasteiger partial charge in [-0.2, -0.15) is 0 Å². The minimum absolute atomic E-state index is 0.0851. The molecule has 0 bridgehead atoms. The van der Waals surface area contributed by atoms with Crippen LogP contribution in [0, 0.1) is 6.92 Å². The second-order valence-corrected chi connectivity index (χ2v) is 6.52. The van der Waals surface area contributed by atoms with Crippen molar-refractivity contribution in [3.63, 3.8) is 0 Å². The van der Waals surface area contributed by atoms with Gasteiger partial charge < -0.3 is 5.32 Å². The molecule has 1 aliphatic rings. The number of nitrogens with one attached hydrogen (secondary N) is 1. The summed E-state index contributed by atoms with van der Waals surface area (Å²) in [5.74, 6) is -1.03. The van der Waals surface area contributed by atoms with E-state index in [9.17, 15) is 9.59 Å². The lowest BCUT2D eigenvalue weighted by Crippen LogP contribution is -2.32. The fourth-order valence-electron chi connectivity index (χ4n) is 2.79. The monoisotopic (exact) mass is 374 g/mol. The minimum atomic E-state index is -0.548. The summed E-state index contributed by atoms with van der Waals surface area (Å²) >= 11 is 12.1. The molecule has 4 nitrogen and oxygen atoms in total. The number of para-hydroxylation sites is 1. The van der Waals surface area contributed by atoms with Crippen molar-refractivity contribution < 1.29 is 9.59 Å². The number of carbonyl (C=O) groups excluding carboxylic acids is 2.